The second kappa shape index (κ2) is 8.68. The molecule has 1 aromatic heterocycles. The standard InChI is InChI=1S/C22H21S.C11H16O3/c1-22(2,3)16-12-14-17(15-13-16)23-20-10-6-4-8-18(20)19-9-5-7-11-21(19)23;12-9(13)10-2-7-1-8(3-10)5-11(14,4-7)6-10/h4-15H,1-3H3;7-8,14H,1-6H2,(H,12,13)/q+1;. The highest BCUT2D eigenvalue weighted by Crippen LogP contribution is 2.61. The predicted octanol–water partition coefficient (Wildman–Crippen LogP) is 8.43. The summed E-state index contributed by atoms with van der Waals surface area (Å²) in [5.41, 5.74) is 0.389. The minimum Gasteiger partial charge on any atom is -0.481 e. The molecule has 3 aromatic carbocycles. The van der Waals surface area contributed by atoms with Crippen LogP contribution in [0.4, 0.5) is 0 Å². The lowest BCUT2D eigenvalue weighted by Crippen LogP contribution is -2.58. The fraction of sp³-hybridized carbons (Fsp3) is 0.424. The average molecular weight is 514 g/mol. The molecule has 192 valence electrons. The van der Waals surface area contributed by atoms with E-state index in [-0.39, 0.29) is 15.9 Å². The molecule has 8 rings (SSSR count). The number of aliphatic carboxylic acids is 1. The van der Waals surface area contributed by atoms with Crippen molar-refractivity contribution in [3.05, 3.63) is 78.4 Å². The quantitative estimate of drug-likeness (QED) is 0.264. The van der Waals surface area contributed by atoms with Crippen molar-refractivity contribution in [2.45, 2.75) is 70.3 Å². The van der Waals surface area contributed by atoms with Crippen molar-refractivity contribution in [3.8, 4) is 4.90 Å². The highest BCUT2D eigenvalue weighted by Gasteiger charge is 2.60. The van der Waals surface area contributed by atoms with Crippen LogP contribution in [-0.2, 0) is 10.2 Å². The van der Waals surface area contributed by atoms with Gasteiger partial charge in [-0.1, -0.05) is 57.2 Å². The Kier molecular flexibility index (Phi) is 5.78. The normalized spacial score (nSPS) is 28.3. The molecule has 2 N–H and O–H groups in total. The first kappa shape index (κ1) is 24.6. The van der Waals surface area contributed by atoms with Crippen LogP contribution in [0.2, 0.25) is 0 Å². The molecular formula is C33H37O3S+. The summed E-state index contributed by atoms with van der Waals surface area (Å²) in [6.45, 7) is 6.80. The molecular weight excluding hydrogens is 476 g/mol. The smallest absolute Gasteiger partial charge is 0.309 e. The third-order valence-corrected chi connectivity index (χ3v) is 11.3. The zero-order chi connectivity index (χ0) is 26.0. The van der Waals surface area contributed by atoms with E-state index in [2.05, 4.69) is 93.6 Å². The van der Waals surface area contributed by atoms with Crippen molar-refractivity contribution in [2.75, 3.05) is 0 Å². The lowest BCUT2D eigenvalue weighted by Gasteiger charge is -2.58. The molecule has 0 spiro atoms. The molecule has 0 saturated heterocycles. The Bertz CT molecular complexity index is 1410. The van der Waals surface area contributed by atoms with Crippen molar-refractivity contribution in [1.29, 1.82) is 0 Å². The largest absolute Gasteiger partial charge is 0.481 e. The second-order valence-corrected chi connectivity index (χ2v) is 14.8. The van der Waals surface area contributed by atoms with Gasteiger partial charge >= 0.3 is 5.97 Å². The molecule has 4 heteroatoms. The van der Waals surface area contributed by atoms with Gasteiger partial charge in [0.15, 0.2) is 14.3 Å². The van der Waals surface area contributed by atoms with Gasteiger partial charge < -0.3 is 10.2 Å². The van der Waals surface area contributed by atoms with Crippen LogP contribution in [0.5, 0.6) is 0 Å². The van der Waals surface area contributed by atoms with Gasteiger partial charge in [0.2, 0.25) is 0 Å². The maximum atomic E-state index is 11.3. The van der Waals surface area contributed by atoms with Crippen LogP contribution in [0.3, 0.4) is 0 Å². The van der Waals surface area contributed by atoms with Gasteiger partial charge in [-0.05, 0) is 97.7 Å². The summed E-state index contributed by atoms with van der Waals surface area (Å²) in [7, 11) is 0.0244. The van der Waals surface area contributed by atoms with Gasteiger partial charge in [0.25, 0.3) is 0 Å². The fourth-order valence-corrected chi connectivity index (χ4v) is 10.0. The molecule has 4 fully saturated rings. The van der Waals surface area contributed by atoms with Crippen LogP contribution in [0, 0.1) is 17.3 Å². The number of carbonyl (C=O) groups is 1. The van der Waals surface area contributed by atoms with Gasteiger partial charge in [-0.3, -0.25) is 4.79 Å². The summed E-state index contributed by atoms with van der Waals surface area (Å²) >= 11 is 0. The first-order chi connectivity index (χ1) is 17.6. The molecule has 4 aliphatic carbocycles. The summed E-state index contributed by atoms with van der Waals surface area (Å²) in [4.78, 5) is 12.7. The molecule has 2 atom stereocenters. The van der Waals surface area contributed by atoms with Crippen LogP contribution < -0.4 is 0 Å². The fourth-order valence-electron chi connectivity index (χ4n) is 7.66. The van der Waals surface area contributed by atoms with Crippen LogP contribution in [0.15, 0.2) is 72.8 Å². The highest BCUT2D eigenvalue weighted by molar-refractivity contribution is 7.50. The van der Waals surface area contributed by atoms with Crippen molar-refractivity contribution in [1.82, 2.24) is 0 Å². The van der Waals surface area contributed by atoms with E-state index in [9.17, 15) is 15.0 Å². The van der Waals surface area contributed by atoms with Crippen LogP contribution in [0.1, 0.15) is 64.9 Å². The number of carboxylic acid groups (broad SMARTS) is 1. The van der Waals surface area contributed by atoms with Gasteiger partial charge in [-0.2, -0.15) is 0 Å². The molecule has 4 aromatic rings. The first-order valence-corrected chi connectivity index (χ1v) is 14.8. The molecule has 4 aliphatic rings. The minimum atomic E-state index is -0.676. The van der Waals surface area contributed by atoms with E-state index >= 15 is 0 Å². The number of benzene rings is 3. The molecule has 0 aliphatic heterocycles. The van der Waals surface area contributed by atoms with E-state index < -0.39 is 17.0 Å². The Morgan fingerprint density at radius 1 is 0.811 bits per heavy atom. The van der Waals surface area contributed by atoms with E-state index in [4.69, 9.17) is 0 Å². The number of hydrogen-bond acceptors (Lipinski definition) is 2. The Balaban J connectivity index is 0.000000153. The molecule has 3 nitrogen and oxygen atoms in total. The molecule has 1 heterocycles. The monoisotopic (exact) mass is 513 g/mol. The average Bonchev–Trinajstić information content (AvgIpc) is 3.17. The van der Waals surface area contributed by atoms with Gasteiger partial charge in [0.05, 0.1) is 11.0 Å². The van der Waals surface area contributed by atoms with Crippen molar-refractivity contribution in [3.63, 3.8) is 0 Å². The van der Waals surface area contributed by atoms with E-state index in [1.165, 1.54) is 30.6 Å². The number of hydrogen-bond donors (Lipinski definition) is 2. The maximum absolute atomic E-state index is 11.3. The summed E-state index contributed by atoms with van der Waals surface area (Å²) in [5.74, 6) is 0.264. The van der Waals surface area contributed by atoms with Crippen LogP contribution >= 0.6 is 10.5 Å². The summed E-state index contributed by atoms with van der Waals surface area (Å²) in [6.07, 6.45) is 4.96. The minimum absolute atomic E-state index is 0.0244. The van der Waals surface area contributed by atoms with Gasteiger partial charge in [0.1, 0.15) is 0 Å². The first-order valence-electron chi connectivity index (χ1n) is 13.6. The van der Waals surface area contributed by atoms with Crippen molar-refractivity contribution >= 4 is 36.6 Å². The molecule has 0 radical (unpaired) electrons. The number of rotatable bonds is 2. The van der Waals surface area contributed by atoms with Crippen molar-refractivity contribution < 1.29 is 15.0 Å². The Hall–Kier alpha value is -2.69. The third kappa shape index (κ3) is 4.28. The lowest BCUT2D eigenvalue weighted by molar-refractivity contribution is -0.191. The van der Waals surface area contributed by atoms with E-state index in [1.54, 1.807) is 0 Å². The van der Waals surface area contributed by atoms with Crippen LogP contribution in [-0.4, -0.2) is 21.8 Å². The highest BCUT2D eigenvalue weighted by atomic mass is 32.2. The summed E-state index contributed by atoms with van der Waals surface area (Å²) in [5, 5.41) is 22.3. The molecule has 0 amide bonds. The van der Waals surface area contributed by atoms with Crippen molar-refractivity contribution in [2.24, 2.45) is 17.3 Å². The summed E-state index contributed by atoms with van der Waals surface area (Å²) < 4.78 is 2.91. The second-order valence-electron chi connectivity index (χ2n) is 12.8. The summed E-state index contributed by atoms with van der Waals surface area (Å²) in [6, 6.07) is 26.9. The molecule has 2 unspecified atom stereocenters. The topological polar surface area (TPSA) is 57.5 Å². The maximum Gasteiger partial charge on any atom is 0.309 e. The van der Waals surface area contributed by atoms with Gasteiger partial charge in [-0.25, -0.2) is 0 Å². The van der Waals surface area contributed by atoms with Gasteiger partial charge in [-0.15, -0.1) is 0 Å². The number of carboxylic acids is 1. The molecule has 4 saturated carbocycles. The Morgan fingerprint density at radius 2 is 1.32 bits per heavy atom. The third-order valence-electron chi connectivity index (χ3n) is 8.94. The van der Waals surface area contributed by atoms with Gasteiger partial charge in [0, 0.05) is 21.2 Å². The van der Waals surface area contributed by atoms with E-state index in [1.807, 2.05) is 0 Å². The zero-order valence-electron chi connectivity index (χ0n) is 22.0. The molecule has 37 heavy (non-hydrogen) atoms. The number of aliphatic hydroxyl groups is 1. The molecule has 4 bridgehead atoms. The lowest BCUT2D eigenvalue weighted by atomic mass is 9.48. The number of fused-ring (bicyclic) bond motifs is 3. The Morgan fingerprint density at radius 3 is 1.78 bits per heavy atom. The SMILES string of the molecule is CC(C)(C)c1ccc(-[s+]2c3ccccc3c3ccccc32)cc1.O=C(O)C12CC3CC(CC(O)(C3)C1)C2. The van der Waals surface area contributed by atoms with E-state index in [0.717, 1.165) is 32.1 Å². The Labute approximate surface area is 222 Å². The van der Waals surface area contributed by atoms with Crippen LogP contribution in [0.25, 0.3) is 25.1 Å². The zero-order valence-corrected chi connectivity index (χ0v) is 22.9. The predicted molar refractivity (Wildman–Crippen MR) is 154 cm³/mol. The number of thiophene rings is 1. The van der Waals surface area contributed by atoms with E-state index in [0.29, 0.717) is 18.3 Å².